The first-order valence-electron chi connectivity index (χ1n) is 8.90. The summed E-state index contributed by atoms with van der Waals surface area (Å²) in [7, 11) is 1.54. The van der Waals surface area contributed by atoms with Gasteiger partial charge in [-0.3, -0.25) is 4.79 Å². The van der Waals surface area contributed by atoms with E-state index in [1.807, 2.05) is 31.2 Å². The number of para-hydroxylation sites is 2. The summed E-state index contributed by atoms with van der Waals surface area (Å²) < 4.78 is 16.8. The molecule has 0 radical (unpaired) electrons. The normalized spacial score (nSPS) is 19.0. The van der Waals surface area contributed by atoms with Crippen LogP contribution in [-0.2, 0) is 0 Å². The number of nitrogens with one attached hydrogen (secondary N) is 1. The Bertz CT molecular complexity index is 733. The van der Waals surface area contributed by atoms with Gasteiger partial charge in [0.05, 0.1) is 25.3 Å². The zero-order valence-electron chi connectivity index (χ0n) is 15.1. The molecule has 0 aliphatic heterocycles. The molecule has 138 valence electrons. The lowest BCUT2D eigenvalue weighted by atomic mass is 10.2. The Morgan fingerprint density at radius 3 is 2.69 bits per heavy atom. The molecule has 1 heterocycles. The second-order valence-electron chi connectivity index (χ2n) is 6.14. The molecule has 0 bridgehead atoms. The number of hydrogen-bond donors (Lipinski definition) is 1. The Kier molecular flexibility index (Phi) is 5.94. The van der Waals surface area contributed by atoms with E-state index in [2.05, 4.69) is 10.3 Å². The fraction of sp³-hybridized carbons (Fsp3) is 0.400. The second-order valence-corrected chi connectivity index (χ2v) is 6.14. The SMILES string of the molecule is CCOc1ccccc1O[C@@H]1CCC[C@@H]1NC(=O)c1ccc(OC)nc1. The van der Waals surface area contributed by atoms with Crippen LogP contribution in [0.3, 0.4) is 0 Å². The summed E-state index contributed by atoms with van der Waals surface area (Å²) in [5, 5.41) is 3.07. The number of nitrogens with zero attached hydrogens (tertiary/aromatic N) is 1. The van der Waals surface area contributed by atoms with Crippen molar-refractivity contribution < 1.29 is 19.0 Å². The molecule has 1 aromatic carbocycles. The number of pyridine rings is 1. The molecule has 0 spiro atoms. The van der Waals surface area contributed by atoms with Gasteiger partial charge in [-0.25, -0.2) is 4.98 Å². The number of carbonyl (C=O) groups is 1. The first-order chi connectivity index (χ1) is 12.7. The lowest BCUT2D eigenvalue weighted by Crippen LogP contribution is -2.42. The number of methoxy groups -OCH3 is 1. The Morgan fingerprint density at radius 2 is 2.00 bits per heavy atom. The summed E-state index contributed by atoms with van der Waals surface area (Å²) in [5.41, 5.74) is 0.506. The van der Waals surface area contributed by atoms with E-state index in [1.54, 1.807) is 19.2 Å². The van der Waals surface area contributed by atoms with E-state index in [4.69, 9.17) is 14.2 Å². The van der Waals surface area contributed by atoms with Gasteiger partial charge >= 0.3 is 0 Å². The fourth-order valence-electron chi connectivity index (χ4n) is 3.10. The highest BCUT2D eigenvalue weighted by Gasteiger charge is 2.31. The van der Waals surface area contributed by atoms with E-state index >= 15 is 0 Å². The summed E-state index contributed by atoms with van der Waals surface area (Å²) >= 11 is 0. The van der Waals surface area contributed by atoms with Crippen LogP contribution in [0.25, 0.3) is 0 Å². The Labute approximate surface area is 153 Å². The molecule has 0 unspecified atom stereocenters. The third kappa shape index (κ3) is 4.25. The van der Waals surface area contributed by atoms with E-state index in [0.717, 1.165) is 25.0 Å². The van der Waals surface area contributed by atoms with Crippen molar-refractivity contribution in [2.75, 3.05) is 13.7 Å². The minimum atomic E-state index is -0.154. The van der Waals surface area contributed by atoms with Crippen molar-refractivity contribution in [2.24, 2.45) is 0 Å². The van der Waals surface area contributed by atoms with E-state index in [-0.39, 0.29) is 18.1 Å². The maximum absolute atomic E-state index is 12.5. The third-order valence-electron chi connectivity index (χ3n) is 4.40. The van der Waals surface area contributed by atoms with Gasteiger partial charge in [-0.1, -0.05) is 12.1 Å². The molecule has 1 aromatic heterocycles. The van der Waals surface area contributed by atoms with E-state index < -0.39 is 0 Å². The van der Waals surface area contributed by atoms with Gasteiger partial charge in [-0.05, 0) is 44.4 Å². The van der Waals surface area contributed by atoms with Gasteiger partial charge < -0.3 is 19.5 Å². The quantitative estimate of drug-likeness (QED) is 0.825. The minimum Gasteiger partial charge on any atom is -0.490 e. The first kappa shape index (κ1) is 18.0. The Morgan fingerprint density at radius 1 is 1.19 bits per heavy atom. The molecule has 26 heavy (non-hydrogen) atoms. The van der Waals surface area contributed by atoms with Gasteiger partial charge in [-0.15, -0.1) is 0 Å². The molecular weight excluding hydrogens is 332 g/mol. The summed E-state index contributed by atoms with van der Waals surface area (Å²) in [6, 6.07) is 11.0. The summed E-state index contributed by atoms with van der Waals surface area (Å²) in [6.07, 6.45) is 4.23. The van der Waals surface area contributed by atoms with Gasteiger partial charge in [0.25, 0.3) is 5.91 Å². The third-order valence-corrected chi connectivity index (χ3v) is 4.40. The monoisotopic (exact) mass is 356 g/mol. The topological polar surface area (TPSA) is 69.7 Å². The molecule has 6 nitrogen and oxygen atoms in total. The second kappa shape index (κ2) is 8.56. The van der Waals surface area contributed by atoms with Gasteiger partial charge in [0.15, 0.2) is 11.5 Å². The highest BCUT2D eigenvalue weighted by Crippen LogP contribution is 2.31. The van der Waals surface area contributed by atoms with Gasteiger partial charge in [0.1, 0.15) is 6.10 Å². The van der Waals surface area contributed by atoms with Crippen LogP contribution in [0.4, 0.5) is 0 Å². The van der Waals surface area contributed by atoms with Crippen molar-refractivity contribution in [3.8, 4) is 17.4 Å². The van der Waals surface area contributed by atoms with E-state index in [9.17, 15) is 4.79 Å². The van der Waals surface area contributed by atoms with Gasteiger partial charge in [0, 0.05) is 12.3 Å². The minimum absolute atomic E-state index is 0.0423. The lowest BCUT2D eigenvalue weighted by molar-refractivity contribution is 0.0891. The van der Waals surface area contributed by atoms with Crippen molar-refractivity contribution >= 4 is 5.91 Å². The predicted octanol–water partition coefficient (Wildman–Crippen LogP) is 3.22. The molecule has 1 aliphatic rings. The van der Waals surface area contributed by atoms with Crippen LogP contribution >= 0.6 is 0 Å². The van der Waals surface area contributed by atoms with Crippen molar-refractivity contribution in [2.45, 2.75) is 38.3 Å². The number of amides is 1. The zero-order valence-corrected chi connectivity index (χ0v) is 15.1. The van der Waals surface area contributed by atoms with Crippen LogP contribution in [0.15, 0.2) is 42.6 Å². The summed E-state index contributed by atoms with van der Waals surface area (Å²) in [5.74, 6) is 1.77. The van der Waals surface area contributed by atoms with Crippen LogP contribution in [0.2, 0.25) is 0 Å². The summed E-state index contributed by atoms with van der Waals surface area (Å²) in [4.78, 5) is 16.6. The molecule has 3 rings (SSSR count). The molecule has 1 fully saturated rings. The molecule has 0 saturated heterocycles. The largest absolute Gasteiger partial charge is 0.490 e. The maximum atomic E-state index is 12.5. The van der Waals surface area contributed by atoms with E-state index in [1.165, 1.54) is 6.20 Å². The van der Waals surface area contributed by atoms with Crippen LogP contribution in [-0.4, -0.2) is 36.8 Å². The van der Waals surface area contributed by atoms with E-state index in [0.29, 0.717) is 23.8 Å². The van der Waals surface area contributed by atoms with Gasteiger partial charge in [-0.2, -0.15) is 0 Å². The van der Waals surface area contributed by atoms with Crippen molar-refractivity contribution in [3.63, 3.8) is 0 Å². The molecule has 1 amide bonds. The Balaban J connectivity index is 1.65. The molecule has 1 saturated carbocycles. The number of ether oxygens (including phenoxy) is 3. The standard InChI is InChI=1S/C20H24N2O4/c1-3-25-17-8-4-5-9-18(17)26-16-10-6-7-15(16)22-20(23)14-11-12-19(24-2)21-13-14/h4-5,8-9,11-13,15-16H,3,6-7,10H2,1-2H3,(H,22,23)/t15-,16+/m0/s1. The predicted molar refractivity (Wildman–Crippen MR) is 97.9 cm³/mol. The highest BCUT2D eigenvalue weighted by atomic mass is 16.5. The number of benzene rings is 1. The van der Waals surface area contributed by atoms with Crippen LogP contribution < -0.4 is 19.5 Å². The smallest absolute Gasteiger partial charge is 0.253 e. The van der Waals surface area contributed by atoms with Gasteiger partial charge in [0.2, 0.25) is 5.88 Å². The number of aromatic nitrogens is 1. The lowest BCUT2D eigenvalue weighted by Gasteiger charge is -2.23. The first-order valence-corrected chi connectivity index (χ1v) is 8.90. The van der Waals surface area contributed by atoms with Crippen molar-refractivity contribution in [3.05, 3.63) is 48.2 Å². The average Bonchev–Trinajstić information content (AvgIpc) is 3.10. The van der Waals surface area contributed by atoms with Crippen LogP contribution in [0, 0.1) is 0 Å². The maximum Gasteiger partial charge on any atom is 0.253 e. The molecule has 2 atom stereocenters. The molecule has 1 N–H and O–H groups in total. The highest BCUT2D eigenvalue weighted by molar-refractivity contribution is 5.94. The fourth-order valence-corrected chi connectivity index (χ4v) is 3.10. The molecular formula is C20H24N2O4. The van der Waals surface area contributed by atoms with Crippen LogP contribution in [0.1, 0.15) is 36.5 Å². The number of rotatable bonds is 7. The van der Waals surface area contributed by atoms with Crippen molar-refractivity contribution in [1.82, 2.24) is 10.3 Å². The molecule has 1 aliphatic carbocycles. The average molecular weight is 356 g/mol. The number of hydrogen-bond acceptors (Lipinski definition) is 5. The zero-order chi connectivity index (χ0) is 18.4. The molecule has 6 heteroatoms. The number of carbonyl (C=O) groups excluding carboxylic acids is 1. The van der Waals surface area contributed by atoms with Crippen LogP contribution in [0.5, 0.6) is 17.4 Å². The van der Waals surface area contributed by atoms with Crippen molar-refractivity contribution in [1.29, 1.82) is 0 Å². The summed E-state index contributed by atoms with van der Waals surface area (Å²) in [6.45, 7) is 2.52. The molecule has 2 aromatic rings. The Hall–Kier alpha value is -2.76.